The van der Waals surface area contributed by atoms with E-state index in [4.69, 9.17) is 9.72 Å². The largest absolute Gasteiger partial charge is 0.381 e. The lowest BCUT2D eigenvalue weighted by Gasteiger charge is -2.32. The maximum atomic E-state index is 15.6. The highest BCUT2D eigenvalue weighted by molar-refractivity contribution is 5.92. The average molecular weight is 468 g/mol. The molecule has 5 rings (SSSR count). The summed E-state index contributed by atoms with van der Waals surface area (Å²) >= 11 is 0. The van der Waals surface area contributed by atoms with Crippen molar-refractivity contribution in [1.82, 2.24) is 25.1 Å². The number of benzene rings is 1. The van der Waals surface area contributed by atoms with E-state index < -0.39 is 0 Å². The van der Waals surface area contributed by atoms with Gasteiger partial charge in [-0.1, -0.05) is 25.8 Å². The molecular formula is C26H34FN5O2. The molecule has 2 aliphatic rings. The molecule has 0 spiro atoms. The third-order valence-electron chi connectivity index (χ3n) is 7.60. The average Bonchev–Trinajstić information content (AvgIpc) is 3.51. The van der Waals surface area contributed by atoms with Crippen LogP contribution in [0, 0.1) is 17.7 Å². The number of fused-ring (bicyclic) bond motifs is 1. The summed E-state index contributed by atoms with van der Waals surface area (Å²) in [5.41, 5.74) is 2.21. The fourth-order valence-electron chi connectivity index (χ4n) is 5.55. The highest BCUT2D eigenvalue weighted by atomic mass is 19.1. The third-order valence-corrected chi connectivity index (χ3v) is 7.60. The monoisotopic (exact) mass is 467 g/mol. The Kier molecular flexibility index (Phi) is 6.68. The molecule has 7 nitrogen and oxygen atoms in total. The molecule has 1 amide bonds. The Balaban J connectivity index is 1.48. The number of nitrogens with zero attached hydrogens (tertiary/aromatic N) is 3. The summed E-state index contributed by atoms with van der Waals surface area (Å²) < 4.78 is 22.8. The minimum Gasteiger partial charge on any atom is -0.381 e. The number of hydrogen-bond acceptors (Lipinski definition) is 4. The molecule has 0 radical (unpaired) electrons. The molecule has 1 aliphatic heterocycles. The molecule has 0 bridgehead atoms. The van der Waals surface area contributed by atoms with E-state index in [1.807, 2.05) is 19.1 Å². The van der Waals surface area contributed by atoms with Crippen molar-refractivity contribution in [2.75, 3.05) is 13.2 Å². The van der Waals surface area contributed by atoms with Crippen molar-refractivity contribution in [3.05, 3.63) is 47.3 Å². The van der Waals surface area contributed by atoms with Crippen molar-refractivity contribution in [3.8, 4) is 0 Å². The van der Waals surface area contributed by atoms with E-state index in [1.54, 1.807) is 16.9 Å². The number of aromatic amines is 1. The fourth-order valence-corrected chi connectivity index (χ4v) is 5.55. The molecule has 34 heavy (non-hydrogen) atoms. The van der Waals surface area contributed by atoms with E-state index in [-0.39, 0.29) is 29.6 Å². The van der Waals surface area contributed by atoms with Crippen molar-refractivity contribution in [3.63, 3.8) is 0 Å². The van der Waals surface area contributed by atoms with Crippen molar-refractivity contribution in [2.45, 2.75) is 70.9 Å². The Morgan fingerprint density at radius 1 is 1.26 bits per heavy atom. The van der Waals surface area contributed by atoms with Gasteiger partial charge in [0.25, 0.3) is 5.91 Å². The smallest absolute Gasteiger partial charge is 0.270 e. The van der Waals surface area contributed by atoms with E-state index in [1.165, 1.54) is 0 Å². The highest BCUT2D eigenvalue weighted by Crippen LogP contribution is 2.37. The van der Waals surface area contributed by atoms with Gasteiger partial charge in [-0.2, -0.15) is 5.10 Å². The van der Waals surface area contributed by atoms with Gasteiger partial charge in [-0.15, -0.1) is 0 Å². The summed E-state index contributed by atoms with van der Waals surface area (Å²) in [4.78, 5) is 21.3. The molecule has 2 unspecified atom stereocenters. The van der Waals surface area contributed by atoms with E-state index in [2.05, 4.69) is 22.3 Å². The zero-order valence-corrected chi connectivity index (χ0v) is 20.0. The molecule has 3 heterocycles. The fraction of sp³-hybridized carbons (Fsp3) is 0.577. The summed E-state index contributed by atoms with van der Waals surface area (Å²) in [5, 5.41) is 7.45. The van der Waals surface area contributed by atoms with Gasteiger partial charge in [-0.25, -0.2) is 9.37 Å². The number of halogens is 1. The van der Waals surface area contributed by atoms with Gasteiger partial charge in [0.1, 0.15) is 17.0 Å². The van der Waals surface area contributed by atoms with Crippen molar-refractivity contribution < 1.29 is 13.9 Å². The highest BCUT2D eigenvalue weighted by Gasteiger charge is 2.32. The van der Waals surface area contributed by atoms with E-state index in [9.17, 15) is 4.79 Å². The van der Waals surface area contributed by atoms with Gasteiger partial charge >= 0.3 is 0 Å². The van der Waals surface area contributed by atoms with Crippen LogP contribution in [0.15, 0.2) is 24.4 Å². The van der Waals surface area contributed by atoms with Gasteiger partial charge in [-0.05, 0) is 62.1 Å². The van der Waals surface area contributed by atoms with Crippen LogP contribution < -0.4 is 5.32 Å². The number of rotatable bonds is 6. The second-order valence-electron chi connectivity index (χ2n) is 9.90. The summed E-state index contributed by atoms with van der Waals surface area (Å²) in [6, 6.07) is 5.19. The standard InChI is InChI=1S/C26H34FN5O2/c1-3-32-21(12-13-28-32)26(33)31-23(17-8-6-16(2)7-9-17)25-29-20-11-10-19(22(27)24(20)30-25)18-5-4-14-34-15-18/h10-13,16-18,23H,3-9,14-15H2,1-2H3,(H,29,30)(H,31,33). The van der Waals surface area contributed by atoms with Gasteiger partial charge < -0.3 is 15.0 Å². The van der Waals surface area contributed by atoms with E-state index >= 15 is 4.39 Å². The second kappa shape index (κ2) is 9.86. The molecule has 1 aliphatic carbocycles. The first-order chi connectivity index (χ1) is 16.5. The SMILES string of the molecule is CCn1nccc1C(=O)NC(c1nc2c(F)c(C3CCCOC3)ccc2[nH]1)C1CCC(C)CC1. The number of aromatic nitrogens is 4. The molecule has 2 fully saturated rings. The van der Waals surface area contributed by atoms with Crippen LogP contribution in [0.5, 0.6) is 0 Å². The van der Waals surface area contributed by atoms with Crippen LogP contribution >= 0.6 is 0 Å². The molecule has 1 saturated heterocycles. The summed E-state index contributed by atoms with van der Waals surface area (Å²) in [7, 11) is 0. The molecule has 1 saturated carbocycles. The number of carbonyl (C=O) groups excluding carboxylic acids is 1. The Labute approximate surface area is 199 Å². The maximum absolute atomic E-state index is 15.6. The van der Waals surface area contributed by atoms with Gasteiger partial charge in [0, 0.05) is 25.3 Å². The van der Waals surface area contributed by atoms with Crippen LogP contribution in [-0.4, -0.2) is 38.9 Å². The van der Waals surface area contributed by atoms with Crippen molar-refractivity contribution in [2.24, 2.45) is 11.8 Å². The number of nitrogens with one attached hydrogen (secondary N) is 2. The Hall–Kier alpha value is -2.74. The van der Waals surface area contributed by atoms with E-state index in [0.29, 0.717) is 47.2 Å². The number of hydrogen-bond donors (Lipinski definition) is 2. The van der Waals surface area contributed by atoms with Crippen molar-refractivity contribution >= 4 is 16.9 Å². The van der Waals surface area contributed by atoms with Crippen LogP contribution in [-0.2, 0) is 11.3 Å². The van der Waals surface area contributed by atoms with Gasteiger partial charge in [0.15, 0.2) is 5.82 Å². The normalized spacial score (nSPS) is 24.3. The minimum atomic E-state index is -0.312. The molecule has 3 aromatic rings. The van der Waals surface area contributed by atoms with Crippen LogP contribution in [0.25, 0.3) is 11.0 Å². The molecule has 2 N–H and O–H groups in total. The topological polar surface area (TPSA) is 84.8 Å². The first-order valence-corrected chi connectivity index (χ1v) is 12.6. The number of amides is 1. The lowest BCUT2D eigenvalue weighted by atomic mass is 9.79. The summed E-state index contributed by atoms with van der Waals surface area (Å²) in [5.74, 6) is 1.16. The molecule has 2 atom stereocenters. The molecule has 1 aromatic carbocycles. The van der Waals surface area contributed by atoms with Gasteiger partial charge in [0.05, 0.1) is 18.2 Å². The van der Waals surface area contributed by atoms with Crippen LogP contribution in [0.1, 0.15) is 86.2 Å². The lowest BCUT2D eigenvalue weighted by Crippen LogP contribution is -2.36. The maximum Gasteiger partial charge on any atom is 0.270 e. The number of ether oxygens (including phenoxy) is 1. The predicted octanol–water partition coefficient (Wildman–Crippen LogP) is 5.11. The van der Waals surface area contributed by atoms with E-state index in [0.717, 1.165) is 45.1 Å². The van der Waals surface area contributed by atoms with Gasteiger partial charge in [0.2, 0.25) is 0 Å². The minimum absolute atomic E-state index is 0.0583. The Morgan fingerprint density at radius 3 is 2.82 bits per heavy atom. The zero-order valence-electron chi connectivity index (χ0n) is 20.0. The number of imidazole rings is 1. The van der Waals surface area contributed by atoms with Crippen molar-refractivity contribution in [1.29, 1.82) is 0 Å². The molecule has 2 aromatic heterocycles. The number of H-pyrrole nitrogens is 1. The number of carbonyl (C=O) groups is 1. The molecule has 8 heteroatoms. The summed E-state index contributed by atoms with van der Waals surface area (Å²) in [6.45, 7) is 6.14. The van der Waals surface area contributed by atoms with Crippen LogP contribution in [0.3, 0.4) is 0 Å². The Morgan fingerprint density at radius 2 is 2.09 bits per heavy atom. The third kappa shape index (κ3) is 4.48. The first-order valence-electron chi connectivity index (χ1n) is 12.6. The number of aryl methyl sites for hydroxylation is 1. The summed E-state index contributed by atoms with van der Waals surface area (Å²) in [6.07, 6.45) is 7.74. The quantitative estimate of drug-likeness (QED) is 0.528. The van der Waals surface area contributed by atoms with Gasteiger partial charge in [-0.3, -0.25) is 9.48 Å². The first kappa shape index (κ1) is 23.0. The lowest BCUT2D eigenvalue weighted by molar-refractivity contribution is 0.0795. The van der Waals surface area contributed by atoms with Crippen LogP contribution in [0.2, 0.25) is 0 Å². The second-order valence-corrected chi connectivity index (χ2v) is 9.90. The predicted molar refractivity (Wildman–Crippen MR) is 128 cm³/mol. The molecular weight excluding hydrogens is 433 g/mol. The Bertz CT molecular complexity index is 1140. The zero-order chi connectivity index (χ0) is 23.7. The van der Waals surface area contributed by atoms with Crippen LogP contribution in [0.4, 0.5) is 4.39 Å². The molecule has 182 valence electrons.